The predicted molar refractivity (Wildman–Crippen MR) is 136 cm³/mol. The number of alkyl halides is 6. The molecule has 11 nitrogen and oxygen atoms in total. The number of ether oxygens (including phenoxy) is 1. The SMILES string of the molecule is CN1CCC(COCc2ccncc2)CC12CN(C(=O)c1n[nH]c3c1CCC3)C2.O=C(O)C(F)(F)F.O=C(O)C(F)(F)F. The number of likely N-dealkylation sites (N-methyl/N-ethyl adjacent to an activating group) is 1. The number of pyridine rings is 1. The normalized spacial score (nSPS) is 19.3. The molecule has 2 aliphatic heterocycles. The van der Waals surface area contributed by atoms with Crippen molar-refractivity contribution in [2.45, 2.75) is 56.6 Å². The molecule has 2 aromatic heterocycles. The topological polar surface area (TPSA) is 149 Å². The Morgan fingerprint density at radius 3 is 2.19 bits per heavy atom. The maximum atomic E-state index is 13.0. The van der Waals surface area contributed by atoms with Gasteiger partial charge in [-0.15, -0.1) is 0 Å². The largest absolute Gasteiger partial charge is 0.490 e. The van der Waals surface area contributed by atoms with Crippen LogP contribution >= 0.6 is 0 Å². The van der Waals surface area contributed by atoms with E-state index in [1.165, 1.54) is 0 Å². The lowest BCUT2D eigenvalue weighted by atomic mass is 9.75. The van der Waals surface area contributed by atoms with Crippen LogP contribution in [-0.4, -0.2) is 104 Å². The van der Waals surface area contributed by atoms with Gasteiger partial charge in [0.1, 0.15) is 0 Å². The minimum absolute atomic E-state index is 0.0953. The van der Waals surface area contributed by atoms with Crippen LogP contribution in [0.3, 0.4) is 0 Å². The van der Waals surface area contributed by atoms with Crippen LogP contribution in [0.15, 0.2) is 24.5 Å². The number of rotatable bonds is 5. The molecule has 2 saturated heterocycles. The molecule has 43 heavy (non-hydrogen) atoms. The van der Waals surface area contributed by atoms with Crippen LogP contribution in [0.5, 0.6) is 0 Å². The van der Waals surface area contributed by atoms with E-state index in [0.29, 0.717) is 18.2 Å². The molecule has 2 aromatic rings. The zero-order chi connectivity index (χ0) is 32.0. The molecule has 1 unspecified atom stereocenters. The van der Waals surface area contributed by atoms with Crippen molar-refractivity contribution < 1.29 is 55.7 Å². The van der Waals surface area contributed by atoms with Crippen LogP contribution in [-0.2, 0) is 33.8 Å². The van der Waals surface area contributed by atoms with Gasteiger partial charge in [0.15, 0.2) is 5.69 Å². The molecule has 1 spiro atoms. The highest BCUT2D eigenvalue weighted by Gasteiger charge is 2.51. The molecule has 1 atom stereocenters. The first-order valence-electron chi connectivity index (χ1n) is 13.2. The quantitative estimate of drug-likeness (QED) is 0.427. The van der Waals surface area contributed by atoms with Crippen molar-refractivity contribution in [1.82, 2.24) is 25.0 Å². The zero-order valence-corrected chi connectivity index (χ0v) is 23.0. The first-order chi connectivity index (χ1) is 20.0. The first kappa shape index (κ1) is 33.8. The molecule has 3 N–H and O–H groups in total. The monoisotopic (exact) mass is 623 g/mol. The Morgan fingerprint density at radius 2 is 1.63 bits per heavy atom. The number of piperidine rings is 1. The van der Waals surface area contributed by atoms with Gasteiger partial charge in [0.05, 0.1) is 12.1 Å². The molecule has 0 saturated carbocycles. The van der Waals surface area contributed by atoms with E-state index in [-0.39, 0.29) is 11.4 Å². The van der Waals surface area contributed by atoms with Crippen molar-refractivity contribution in [2.24, 2.45) is 5.92 Å². The highest BCUT2D eigenvalue weighted by molar-refractivity contribution is 5.95. The molecule has 5 rings (SSSR count). The molecule has 238 valence electrons. The molecule has 4 heterocycles. The molecular weight excluding hydrogens is 592 g/mol. The molecule has 0 aromatic carbocycles. The number of nitrogens with zero attached hydrogens (tertiary/aromatic N) is 4. The third-order valence-corrected chi connectivity index (χ3v) is 7.47. The van der Waals surface area contributed by atoms with Crippen molar-refractivity contribution >= 4 is 17.8 Å². The Kier molecular flexibility index (Phi) is 10.8. The maximum Gasteiger partial charge on any atom is 0.490 e. The van der Waals surface area contributed by atoms with E-state index in [0.717, 1.165) is 75.2 Å². The number of aromatic nitrogens is 3. The standard InChI is InChI=1S/C22H29N5O2.2C2HF3O2/c1-26-10-7-17(13-29-12-16-5-8-23-9-6-16)11-22(26)14-27(15-22)21(28)20-18-3-2-4-19(18)24-25-20;2*3-2(4,5)1(6)7/h5-6,8-9,17H,2-4,7,10-15H2,1H3,(H,24,25);2*(H,6,7). The summed E-state index contributed by atoms with van der Waals surface area (Å²) >= 11 is 0. The van der Waals surface area contributed by atoms with E-state index in [1.54, 1.807) is 12.4 Å². The number of aryl methyl sites for hydroxylation is 1. The number of hydrogen-bond donors (Lipinski definition) is 3. The van der Waals surface area contributed by atoms with E-state index in [1.807, 2.05) is 17.0 Å². The number of carbonyl (C=O) groups excluding carboxylic acids is 1. The number of likely N-dealkylation sites (tertiary alicyclic amines) is 2. The van der Waals surface area contributed by atoms with Crippen LogP contribution in [0.2, 0.25) is 0 Å². The third kappa shape index (κ3) is 8.89. The fraction of sp³-hybridized carbons (Fsp3) is 0.577. The summed E-state index contributed by atoms with van der Waals surface area (Å²) in [6.45, 7) is 4.06. The average Bonchev–Trinajstić information content (AvgIpc) is 3.53. The molecule has 17 heteroatoms. The lowest BCUT2D eigenvalue weighted by molar-refractivity contribution is -0.193. The molecule has 1 amide bonds. The number of carbonyl (C=O) groups is 3. The van der Waals surface area contributed by atoms with Crippen LogP contribution in [0.4, 0.5) is 26.3 Å². The van der Waals surface area contributed by atoms with Crippen molar-refractivity contribution in [1.29, 1.82) is 0 Å². The second-order valence-corrected chi connectivity index (χ2v) is 10.5. The number of hydrogen-bond acceptors (Lipinski definition) is 7. The van der Waals surface area contributed by atoms with Crippen molar-refractivity contribution in [3.8, 4) is 0 Å². The highest BCUT2D eigenvalue weighted by Crippen LogP contribution is 2.39. The van der Waals surface area contributed by atoms with Gasteiger partial charge in [-0.1, -0.05) is 0 Å². The molecule has 3 aliphatic rings. The van der Waals surface area contributed by atoms with E-state index in [9.17, 15) is 31.1 Å². The summed E-state index contributed by atoms with van der Waals surface area (Å²) in [5, 5.41) is 21.6. The van der Waals surface area contributed by atoms with Crippen LogP contribution in [0.1, 0.15) is 46.6 Å². The van der Waals surface area contributed by atoms with Gasteiger partial charge >= 0.3 is 24.3 Å². The molecule has 0 radical (unpaired) electrons. The lowest BCUT2D eigenvalue weighted by Gasteiger charge is -2.58. The number of H-pyrrole nitrogens is 1. The minimum atomic E-state index is -5.08. The van der Waals surface area contributed by atoms with Gasteiger partial charge in [0.2, 0.25) is 0 Å². The van der Waals surface area contributed by atoms with Gasteiger partial charge in [0, 0.05) is 43.3 Å². The van der Waals surface area contributed by atoms with Crippen LogP contribution < -0.4 is 0 Å². The molecule has 1 aliphatic carbocycles. The Balaban J connectivity index is 0.000000303. The van der Waals surface area contributed by atoms with Gasteiger partial charge in [-0.05, 0) is 69.3 Å². The van der Waals surface area contributed by atoms with Crippen LogP contribution in [0.25, 0.3) is 0 Å². The zero-order valence-electron chi connectivity index (χ0n) is 23.0. The van der Waals surface area contributed by atoms with E-state index >= 15 is 0 Å². The molecule has 2 fully saturated rings. The van der Waals surface area contributed by atoms with Gasteiger partial charge in [-0.2, -0.15) is 31.4 Å². The van der Waals surface area contributed by atoms with Gasteiger partial charge < -0.3 is 19.8 Å². The summed E-state index contributed by atoms with van der Waals surface area (Å²) in [5.41, 5.74) is 4.22. The molecule has 0 bridgehead atoms. The summed E-state index contributed by atoms with van der Waals surface area (Å²) in [5.74, 6) is -4.88. The van der Waals surface area contributed by atoms with E-state index in [2.05, 4.69) is 27.1 Å². The fourth-order valence-corrected chi connectivity index (χ4v) is 5.20. The summed E-state index contributed by atoms with van der Waals surface area (Å²) < 4.78 is 69.5. The number of halogens is 6. The summed E-state index contributed by atoms with van der Waals surface area (Å²) in [6, 6.07) is 3.99. The summed E-state index contributed by atoms with van der Waals surface area (Å²) in [7, 11) is 2.20. The fourth-order valence-electron chi connectivity index (χ4n) is 5.20. The highest BCUT2D eigenvalue weighted by atomic mass is 19.4. The number of nitrogens with one attached hydrogen (secondary N) is 1. The Labute approximate surface area is 241 Å². The van der Waals surface area contributed by atoms with Gasteiger partial charge in [-0.25, -0.2) is 9.59 Å². The van der Waals surface area contributed by atoms with Crippen LogP contribution in [0, 0.1) is 5.92 Å². The third-order valence-electron chi connectivity index (χ3n) is 7.47. The summed E-state index contributed by atoms with van der Waals surface area (Å²) in [4.78, 5) is 39.3. The van der Waals surface area contributed by atoms with Crippen molar-refractivity contribution in [3.63, 3.8) is 0 Å². The second kappa shape index (κ2) is 13.7. The van der Waals surface area contributed by atoms with E-state index < -0.39 is 24.3 Å². The number of carboxylic acids is 2. The smallest absolute Gasteiger partial charge is 0.475 e. The molecular formula is C26H31F6N5O6. The van der Waals surface area contributed by atoms with E-state index in [4.69, 9.17) is 24.5 Å². The lowest BCUT2D eigenvalue weighted by Crippen LogP contribution is -2.72. The maximum absolute atomic E-state index is 13.0. The number of fused-ring (bicyclic) bond motifs is 1. The Bertz CT molecular complexity index is 1240. The number of aromatic amines is 1. The number of aliphatic carboxylic acids is 2. The predicted octanol–water partition coefficient (Wildman–Crippen LogP) is 3.31. The first-order valence-corrected chi connectivity index (χ1v) is 13.2. The summed E-state index contributed by atoms with van der Waals surface area (Å²) in [6.07, 6.45) is -1.21. The Hall–Kier alpha value is -3.73. The number of carboxylic acid groups (broad SMARTS) is 2. The van der Waals surface area contributed by atoms with Gasteiger partial charge in [-0.3, -0.25) is 19.8 Å². The second-order valence-electron chi connectivity index (χ2n) is 10.5. The van der Waals surface area contributed by atoms with Crippen molar-refractivity contribution in [2.75, 3.05) is 33.3 Å². The van der Waals surface area contributed by atoms with Crippen molar-refractivity contribution in [3.05, 3.63) is 47.0 Å². The average molecular weight is 624 g/mol. The van der Waals surface area contributed by atoms with Gasteiger partial charge in [0.25, 0.3) is 5.91 Å². The minimum Gasteiger partial charge on any atom is -0.475 e. The number of amides is 1. The Morgan fingerprint density at radius 1 is 1.05 bits per heavy atom.